The molecule has 0 aliphatic heterocycles. The Balaban J connectivity index is 4.96. The molecule has 0 fully saturated rings. The van der Waals surface area contributed by atoms with Crippen molar-refractivity contribution in [2.45, 2.75) is 41.0 Å². The molecule has 0 rings (SSSR count). The predicted molar refractivity (Wildman–Crippen MR) is 54.6 cm³/mol. The van der Waals surface area contributed by atoms with Crippen LogP contribution in [0.2, 0.25) is 0 Å². The zero-order valence-corrected chi connectivity index (χ0v) is 9.27. The Morgan fingerprint density at radius 3 is 1.92 bits per heavy atom. The largest absolute Gasteiger partial charge is 0.478 e. The van der Waals surface area contributed by atoms with Gasteiger partial charge in [0.2, 0.25) is 0 Å². The van der Waals surface area contributed by atoms with E-state index in [0.717, 1.165) is 6.42 Å². The van der Waals surface area contributed by atoms with Crippen LogP contribution in [-0.2, 0) is 4.79 Å². The first kappa shape index (κ1) is 12.2. The van der Waals surface area contributed by atoms with Crippen LogP contribution in [-0.4, -0.2) is 11.1 Å². The molecule has 76 valence electrons. The average molecular weight is 184 g/mol. The van der Waals surface area contributed by atoms with Gasteiger partial charge >= 0.3 is 5.97 Å². The van der Waals surface area contributed by atoms with Gasteiger partial charge in [0.25, 0.3) is 0 Å². The number of aliphatic carboxylic acids is 1. The van der Waals surface area contributed by atoms with Gasteiger partial charge in [0.15, 0.2) is 0 Å². The first-order valence-corrected chi connectivity index (χ1v) is 4.59. The number of hydrogen-bond donors (Lipinski definition) is 1. The van der Waals surface area contributed by atoms with Gasteiger partial charge in [-0.05, 0) is 5.41 Å². The fraction of sp³-hybridized carbons (Fsp3) is 0.727. The highest BCUT2D eigenvalue weighted by Crippen LogP contribution is 2.45. The van der Waals surface area contributed by atoms with E-state index in [-0.39, 0.29) is 10.8 Å². The molecule has 1 N–H and O–H groups in total. The third-order valence-electron chi connectivity index (χ3n) is 3.59. The van der Waals surface area contributed by atoms with Crippen molar-refractivity contribution < 1.29 is 9.90 Å². The second-order valence-corrected chi connectivity index (χ2v) is 4.65. The average Bonchev–Trinajstić information content (AvgIpc) is 2.02. The Hall–Kier alpha value is -0.790. The molecule has 13 heavy (non-hydrogen) atoms. The van der Waals surface area contributed by atoms with Crippen molar-refractivity contribution in [2.24, 2.45) is 10.8 Å². The van der Waals surface area contributed by atoms with E-state index in [9.17, 15) is 4.79 Å². The van der Waals surface area contributed by atoms with E-state index in [1.807, 2.05) is 13.8 Å². The Bertz CT molecular complexity index is 224. The van der Waals surface area contributed by atoms with E-state index in [4.69, 9.17) is 5.11 Å². The number of carboxylic acids is 1. The number of carboxylic acid groups (broad SMARTS) is 1. The number of hydrogen-bond acceptors (Lipinski definition) is 1. The standard InChI is InChI=1S/C11H20O2/c1-7-10(3,4)11(5,6)8(2)9(12)13/h2,7H2,1,3-6H3,(H,12,13). The summed E-state index contributed by atoms with van der Waals surface area (Å²) in [6, 6.07) is 0. The lowest BCUT2D eigenvalue weighted by Gasteiger charge is -2.41. The first-order chi connectivity index (χ1) is 5.66. The fourth-order valence-corrected chi connectivity index (χ4v) is 1.12. The molecule has 0 atom stereocenters. The van der Waals surface area contributed by atoms with Crippen molar-refractivity contribution in [3.05, 3.63) is 12.2 Å². The molecule has 0 heterocycles. The molecule has 2 nitrogen and oxygen atoms in total. The highest BCUT2D eigenvalue weighted by atomic mass is 16.4. The van der Waals surface area contributed by atoms with Gasteiger partial charge in [-0.1, -0.05) is 47.6 Å². The van der Waals surface area contributed by atoms with Crippen LogP contribution in [0.3, 0.4) is 0 Å². The molecule has 0 unspecified atom stereocenters. The molecule has 0 saturated heterocycles. The van der Waals surface area contributed by atoms with E-state index >= 15 is 0 Å². The topological polar surface area (TPSA) is 37.3 Å². The summed E-state index contributed by atoms with van der Waals surface area (Å²) in [5.41, 5.74) is -0.116. The summed E-state index contributed by atoms with van der Waals surface area (Å²) in [5, 5.41) is 8.88. The lowest BCUT2D eigenvalue weighted by molar-refractivity contribution is -0.134. The van der Waals surface area contributed by atoms with E-state index in [1.165, 1.54) is 0 Å². The Labute approximate surface area is 80.7 Å². The Morgan fingerprint density at radius 2 is 1.69 bits per heavy atom. The van der Waals surface area contributed by atoms with Crippen LogP contribution < -0.4 is 0 Å². The second-order valence-electron chi connectivity index (χ2n) is 4.65. The van der Waals surface area contributed by atoms with E-state index in [2.05, 4.69) is 27.4 Å². The second kappa shape index (κ2) is 3.52. The molecule has 0 radical (unpaired) electrons. The van der Waals surface area contributed by atoms with Gasteiger partial charge in [-0.3, -0.25) is 0 Å². The molecule has 0 saturated carbocycles. The normalized spacial score (nSPS) is 12.7. The summed E-state index contributed by atoms with van der Waals surface area (Å²) in [6.45, 7) is 13.7. The molecule has 0 bridgehead atoms. The summed E-state index contributed by atoms with van der Waals surface area (Å²) in [4.78, 5) is 10.8. The minimum Gasteiger partial charge on any atom is -0.478 e. The molecular formula is C11H20O2. The van der Waals surface area contributed by atoms with Gasteiger partial charge in [-0.25, -0.2) is 4.79 Å². The summed E-state index contributed by atoms with van der Waals surface area (Å²) in [6.07, 6.45) is 0.937. The van der Waals surface area contributed by atoms with Crippen molar-refractivity contribution in [1.29, 1.82) is 0 Å². The van der Waals surface area contributed by atoms with Crippen LogP contribution in [0.25, 0.3) is 0 Å². The van der Waals surface area contributed by atoms with Crippen LogP contribution in [0.15, 0.2) is 12.2 Å². The van der Waals surface area contributed by atoms with Gasteiger partial charge in [-0.2, -0.15) is 0 Å². The summed E-state index contributed by atoms with van der Waals surface area (Å²) >= 11 is 0. The monoisotopic (exact) mass is 184 g/mol. The van der Waals surface area contributed by atoms with Crippen LogP contribution in [0.1, 0.15) is 41.0 Å². The number of carbonyl (C=O) groups is 1. The van der Waals surface area contributed by atoms with Crippen molar-refractivity contribution >= 4 is 5.97 Å². The number of rotatable bonds is 4. The lowest BCUT2D eigenvalue weighted by atomic mass is 9.63. The van der Waals surface area contributed by atoms with E-state index in [1.54, 1.807) is 0 Å². The quantitative estimate of drug-likeness (QED) is 0.682. The minimum atomic E-state index is -0.897. The van der Waals surface area contributed by atoms with Gasteiger partial charge in [0, 0.05) is 11.0 Å². The molecule has 0 aliphatic rings. The Morgan fingerprint density at radius 1 is 1.31 bits per heavy atom. The van der Waals surface area contributed by atoms with Gasteiger partial charge in [-0.15, -0.1) is 0 Å². The molecule has 0 aromatic carbocycles. The summed E-state index contributed by atoms with van der Waals surface area (Å²) < 4.78 is 0. The third-order valence-corrected chi connectivity index (χ3v) is 3.59. The molecule has 0 aromatic heterocycles. The maximum atomic E-state index is 10.8. The maximum absolute atomic E-state index is 10.8. The molecule has 2 heteroatoms. The third kappa shape index (κ3) is 2.11. The Kier molecular flexibility index (Phi) is 3.31. The first-order valence-electron chi connectivity index (χ1n) is 4.59. The van der Waals surface area contributed by atoms with Crippen LogP contribution in [0.5, 0.6) is 0 Å². The highest BCUT2D eigenvalue weighted by Gasteiger charge is 2.40. The minimum absolute atomic E-state index is 0.0392. The molecular weight excluding hydrogens is 164 g/mol. The zero-order valence-electron chi connectivity index (χ0n) is 9.27. The molecule has 0 aromatic rings. The van der Waals surface area contributed by atoms with Crippen LogP contribution >= 0.6 is 0 Å². The van der Waals surface area contributed by atoms with Crippen molar-refractivity contribution in [3.8, 4) is 0 Å². The summed E-state index contributed by atoms with van der Waals surface area (Å²) in [5.74, 6) is -0.897. The lowest BCUT2D eigenvalue weighted by Crippen LogP contribution is -2.36. The molecule has 0 aliphatic carbocycles. The fourth-order valence-electron chi connectivity index (χ4n) is 1.12. The van der Waals surface area contributed by atoms with Crippen molar-refractivity contribution in [1.82, 2.24) is 0 Å². The van der Waals surface area contributed by atoms with Gasteiger partial charge in [0.05, 0.1) is 0 Å². The SMILES string of the molecule is C=C(C(=O)O)C(C)(C)C(C)(C)CC. The predicted octanol–water partition coefficient (Wildman–Crippen LogP) is 3.09. The van der Waals surface area contributed by atoms with Crippen molar-refractivity contribution in [3.63, 3.8) is 0 Å². The van der Waals surface area contributed by atoms with Crippen molar-refractivity contribution in [2.75, 3.05) is 0 Å². The highest BCUT2D eigenvalue weighted by molar-refractivity contribution is 5.87. The van der Waals surface area contributed by atoms with Crippen LogP contribution in [0.4, 0.5) is 0 Å². The van der Waals surface area contributed by atoms with E-state index < -0.39 is 5.97 Å². The van der Waals surface area contributed by atoms with Gasteiger partial charge < -0.3 is 5.11 Å². The summed E-state index contributed by atoms with van der Waals surface area (Å²) in [7, 11) is 0. The van der Waals surface area contributed by atoms with Crippen LogP contribution in [0, 0.1) is 10.8 Å². The molecule has 0 spiro atoms. The zero-order chi connectivity index (χ0) is 10.9. The smallest absolute Gasteiger partial charge is 0.331 e. The van der Waals surface area contributed by atoms with E-state index in [0.29, 0.717) is 5.57 Å². The van der Waals surface area contributed by atoms with Gasteiger partial charge in [0.1, 0.15) is 0 Å². The molecule has 0 amide bonds. The maximum Gasteiger partial charge on any atom is 0.331 e.